The van der Waals surface area contributed by atoms with Gasteiger partial charge in [0.15, 0.2) is 0 Å². The summed E-state index contributed by atoms with van der Waals surface area (Å²) in [5.74, 6) is 0.243. The number of nitrogens with one attached hydrogen (secondary N) is 2. The zero-order valence-electron chi connectivity index (χ0n) is 23.8. The van der Waals surface area contributed by atoms with Crippen LogP contribution in [-0.4, -0.2) is 59.5 Å². The number of nitrogens with zero attached hydrogens (tertiary/aromatic N) is 1. The minimum Gasteiger partial charge on any atom is -0.444 e. The van der Waals surface area contributed by atoms with Crippen LogP contribution in [0.15, 0.2) is 30.3 Å². The van der Waals surface area contributed by atoms with Crippen LogP contribution in [0.3, 0.4) is 0 Å². The van der Waals surface area contributed by atoms with Crippen LogP contribution in [0, 0.1) is 0 Å². The van der Waals surface area contributed by atoms with Crippen molar-refractivity contribution in [3.8, 4) is 0 Å². The molecule has 0 spiro atoms. The Bertz CT molecular complexity index is 798. The fourth-order valence-corrected chi connectivity index (χ4v) is 4.46. The second kappa shape index (κ2) is 18.1. The largest absolute Gasteiger partial charge is 0.444 e. The number of thioether (sulfide) groups is 1. The zero-order chi connectivity index (χ0) is 27.7. The van der Waals surface area contributed by atoms with Crippen LogP contribution in [0.25, 0.3) is 0 Å². The third-order valence-electron chi connectivity index (χ3n) is 5.89. The van der Waals surface area contributed by atoms with E-state index < -0.39 is 23.8 Å². The molecule has 3 amide bonds. The SMILES string of the molecule is CCCCCCCN(C(=O)C(CCSC)NC(=O)OC(C)(C)C)C(C(=O)NCCCC)c1ccccc1. The molecule has 0 aliphatic rings. The van der Waals surface area contributed by atoms with Crippen LogP contribution in [0.2, 0.25) is 0 Å². The highest BCUT2D eigenvalue weighted by Crippen LogP contribution is 2.24. The summed E-state index contributed by atoms with van der Waals surface area (Å²) >= 11 is 1.61. The Balaban J connectivity index is 3.32. The Kier molecular flexibility index (Phi) is 16.1. The molecule has 0 fully saturated rings. The monoisotopic (exact) mass is 535 g/mol. The lowest BCUT2D eigenvalue weighted by Gasteiger charge is -2.34. The zero-order valence-corrected chi connectivity index (χ0v) is 24.6. The van der Waals surface area contributed by atoms with Crippen molar-refractivity contribution in [2.75, 3.05) is 25.1 Å². The van der Waals surface area contributed by atoms with Gasteiger partial charge in [-0.3, -0.25) is 9.59 Å². The third kappa shape index (κ3) is 13.2. The minimum absolute atomic E-state index is 0.192. The van der Waals surface area contributed by atoms with Crippen molar-refractivity contribution in [1.82, 2.24) is 15.5 Å². The molecule has 2 unspecified atom stereocenters. The Labute approximate surface area is 228 Å². The number of benzene rings is 1. The van der Waals surface area contributed by atoms with E-state index in [1.54, 1.807) is 37.4 Å². The molecule has 37 heavy (non-hydrogen) atoms. The lowest BCUT2D eigenvalue weighted by molar-refractivity contribution is -0.142. The summed E-state index contributed by atoms with van der Waals surface area (Å²) in [6.07, 6.45) is 8.75. The molecule has 0 heterocycles. The molecule has 0 saturated carbocycles. The fraction of sp³-hybridized carbons (Fsp3) is 0.690. The molecule has 1 rings (SSSR count). The average Bonchev–Trinajstić information content (AvgIpc) is 2.85. The first-order valence-corrected chi connectivity index (χ1v) is 15.2. The van der Waals surface area contributed by atoms with Gasteiger partial charge in [-0.2, -0.15) is 11.8 Å². The van der Waals surface area contributed by atoms with E-state index in [0.29, 0.717) is 25.3 Å². The molecule has 1 aromatic rings. The molecule has 0 aliphatic heterocycles. The predicted octanol–water partition coefficient (Wildman–Crippen LogP) is 6.09. The first kappa shape index (κ1) is 32.8. The van der Waals surface area contributed by atoms with E-state index in [2.05, 4.69) is 24.5 Å². The lowest BCUT2D eigenvalue weighted by atomic mass is 10.0. The number of rotatable bonds is 17. The normalized spacial score (nSPS) is 12.9. The van der Waals surface area contributed by atoms with E-state index in [4.69, 9.17) is 4.74 Å². The highest BCUT2D eigenvalue weighted by molar-refractivity contribution is 7.98. The van der Waals surface area contributed by atoms with Crippen molar-refractivity contribution >= 4 is 29.7 Å². The van der Waals surface area contributed by atoms with Gasteiger partial charge in [0.25, 0.3) is 0 Å². The van der Waals surface area contributed by atoms with E-state index in [1.165, 1.54) is 0 Å². The third-order valence-corrected chi connectivity index (χ3v) is 6.53. The van der Waals surface area contributed by atoms with Crippen molar-refractivity contribution in [3.05, 3.63) is 35.9 Å². The van der Waals surface area contributed by atoms with Crippen LogP contribution in [0.5, 0.6) is 0 Å². The maximum Gasteiger partial charge on any atom is 0.408 e. The summed E-state index contributed by atoms with van der Waals surface area (Å²) in [5.41, 5.74) is 0.0846. The highest BCUT2D eigenvalue weighted by Gasteiger charge is 2.35. The van der Waals surface area contributed by atoms with E-state index in [-0.39, 0.29) is 11.8 Å². The molecule has 1 aromatic carbocycles. The first-order valence-electron chi connectivity index (χ1n) is 13.8. The van der Waals surface area contributed by atoms with E-state index in [9.17, 15) is 14.4 Å². The van der Waals surface area contributed by atoms with Crippen LogP contribution in [0.1, 0.15) is 97.6 Å². The fourth-order valence-electron chi connectivity index (χ4n) is 3.99. The first-order chi connectivity index (χ1) is 17.6. The Morgan fingerprint density at radius 2 is 1.62 bits per heavy atom. The smallest absolute Gasteiger partial charge is 0.408 e. The number of alkyl carbamates (subject to hydrolysis) is 1. The topological polar surface area (TPSA) is 87.7 Å². The summed E-state index contributed by atoms with van der Waals surface area (Å²) < 4.78 is 5.45. The average molecular weight is 536 g/mol. The lowest BCUT2D eigenvalue weighted by Crippen LogP contribution is -2.53. The maximum absolute atomic E-state index is 14.1. The van der Waals surface area contributed by atoms with Gasteiger partial charge in [-0.15, -0.1) is 0 Å². The highest BCUT2D eigenvalue weighted by atomic mass is 32.2. The molecule has 2 N–H and O–H groups in total. The molecule has 0 aliphatic carbocycles. The standard InChI is InChI=1S/C29H49N3O4S/c1-7-9-11-12-16-21-32(25(23-17-14-13-15-18-23)26(33)30-20-10-8-2)27(34)24(19-22-37-6)31-28(35)36-29(3,4)5/h13-15,17-18,24-25H,7-12,16,19-22H2,1-6H3,(H,30,33)(H,31,35). The van der Waals surface area contributed by atoms with E-state index in [0.717, 1.165) is 50.5 Å². The quantitative estimate of drug-likeness (QED) is 0.236. The molecule has 7 nitrogen and oxygen atoms in total. The van der Waals surface area contributed by atoms with Crippen molar-refractivity contribution in [2.45, 2.75) is 104 Å². The van der Waals surface area contributed by atoms with Gasteiger partial charge in [0.2, 0.25) is 11.8 Å². The number of carbonyl (C=O) groups excluding carboxylic acids is 3. The van der Waals surface area contributed by atoms with Crippen molar-refractivity contribution in [1.29, 1.82) is 0 Å². The number of ether oxygens (including phenoxy) is 1. The molecule has 8 heteroatoms. The van der Waals surface area contributed by atoms with Gasteiger partial charge in [-0.1, -0.05) is 76.3 Å². The number of hydrogen-bond donors (Lipinski definition) is 2. The van der Waals surface area contributed by atoms with Gasteiger partial charge in [0, 0.05) is 13.1 Å². The van der Waals surface area contributed by atoms with E-state index in [1.807, 2.05) is 36.6 Å². The number of unbranched alkanes of at least 4 members (excludes halogenated alkanes) is 5. The number of carbonyl (C=O) groups is 3. The summed E-state index contributed by atoms with van der Waals surface area (Å²) in [6.45, 7) is 10.6. The van der Waals surface area contributed by atoms with Crippen molar-refractivity contribution < 1.29 is 19.1 Å². The van der Waals surface area contributed by atoms with Crippen LogP contribution in [-0.2, 0) is 14.3 Å². The van der Waals surface area contributed by atoms with Gasteiger partial charge >= 0.3 is 6.09 Å². The molecule has 0 saturated heterocycles. The summed E-state index contributed by atoms with van der Waals surface area (Å²) in [5, 5.41) is 5.83. The molecule has 0 radical (unpaired) electrons. The van der Waals surface area contributed by atoms with Gasteiger partial charge in [-0.05, 0) is 57.6 Å². The summed E-state index contributed by atoms with van der Waals surface area (Å²) in [7, 11) is 0. The summed E-state index contributed by atoms with van der Waals surface area (Å²) in [4.78, 5) is 41.9. The van der Waals surface area contributed by atoms with Gasteiger partial charge in [0.05, 0.1) is 0 Å². The number of hydrogen-bond acceptors (Lipinski definition) is 5. The molecule has 0 aromatic heterocycles. The maximum atomic E-state index is 14.1. The second-order valence-electron chi connectivity index (χ2n) is 10.4. The van der Waals surface area contributed by atoms with Gasteiger partial charge in [0.1, 0.15) is 17.7 Å². The van der Waals surface area contributed by atoms with Crippen LogP contribution in [0.4, 0.5) is 4.79 Å². The minimum atomic E-state index is -0.785. The molecule has 2 atom stereocenters. The van der Waals surface area contributed by atoms with Crippen LogP contribution >= 0.6 is 11.8 Å². The summed E-state index contributed by atoms with van der Waals surface area (Å²) in [6, 6.07) is 7.89. The molecular formula is C29H49N3O4S. The van der Waals surface area contributed by atoms with Crippen molar-refractivity contribution in [2.24, 2.45) is 0 Å². The Morgan fingerprint density at radius 3 is 2.22 bits per heavy atom. The molecule has 210 valence electrons. The Hall–Kier alpha value is -2.22. The van der Waals surface area contributed by atoms with E-state index >= 15 is 0 Å². The second-order valence-corrected chi connectivity index (χ2v) is 11.4. The number of amides is 3. The Morgan fingerprint density at radius 1 is 0.973 bits per heavy atom. The van der Waals surface area contributed by atoms with Crippen LogP contribution < -0.4 is 10.6 Å². The van der Waals surface area contributed by atoms with Gasteiger partial charge < -0.3 is 20.3 Å². The van der Waals surface area contributed by atoms with Crippen molar-refractivity contribution in [3.63, 3.8) is 0 Å². The molecule has 0 bridgehead atoms. The van der Waals surface area contributed by atoms with Gasteiger partial charge in [-0.25, -0.2) is 4.79 Å². The molecular weight excluding hydrogens is 486 g/mol. The predicted molar refractivity (Wildman–Crippen MR) is 154 cm³/mol.